The number of benzene rings is 1. The molecule has 0 bridgehead atoms. The molecule has 33 heavy (non-hydrogen) atoms. The average Bonchev–Trinajstić information content (AvgIpc) is 3.26. The maximum atomic E-state index is 13.6. The molecule has 3 aromatic rings. The molecule has 1 fully saturated rings. The number of nitrogens with zero attached hydrogens (tertiary/aromatic N) is 4. The molecule has 0 radical (unpaired) electrons. The molecule has 3 N–H and O–H groups in total. The topological polar surface area (TPSA) is 114 Å². The zero-order valence-corrected chi connectivity index (χ0v) is 19.5. The third-order valence-corrected chi connectivity index (χ3v) is 7.25. The minimum Gasteiger partial charge on any atom is -0.394 e. The van der Waals surface area contributed by atoms with Crippen molar-refractivity contribution < 1.29 is 33.2 Å². The summed E-state index contributed by atoms with van der Waals surface area (Å²) in [7, 11) is 0. The standard InChI is InChI=1S/C19H15BrClF3N4O4S/c20-18-13(3-8(21)4-25-18)33-19-17(31)15(16(30)12(6-29)32-19)28-5-11(26-27-28)7-1-9(22)14(24)10(23)2-7/h1-5,12,15-17,19,29-31H,6H2. The van der Waals surface area contributed by atoms with E-state index in [-0.39, 0.29) is 11.3 Å². The van der Waals surface area contributed by atoms with E-state index in [1.807, 2.05) is 0 Å². The van der Waals surface area contributed by atoms with Gasteiger partial charge in [-0.25, -0.2) is 22.8 Å². The van der Waals surface area contributed by atoms with E-state index < -0.39 is 53.8 Å². The highest BCUT2D eigenvalue weighted by molar-refractivity contribution is 9.10. The molecule has 8 nitrogen and oxygen atoms in total. The fraction of sp³-hybridized carbons (Fsp3) is 0.316. The van der Waals surface area contributed by atoms with E-state index in [0.717, 1.165) is 28.6 Å². The van der Waals surface area contributed by atoms with Gasteiger partial charge in [-0.1, -0.05) is 28.6 Å². The number of rotatable bonds is 5. The first kappa shape index (κ1) is 24.4. The summed E-state index contributed by atoms with van der Waals surface area (Å²) in [6.45, 7) is -0.563. The predicted molar refractivity (Wildman–Crippen MR) is 115 cm³/mol. The third kappa shape index (κ3) is 4.90. The predicted octanol–water partition coefficient (Wildman–Crippen LogP) is 2.95. The maximum absolute atomic E-state index is 13.6. The van der Waals surface area contributed by atoms with Crippen LogP contribution in [0.1, 0.15) is 6.04 Å². The lowest BCUT2D eigenvalue weighted by Crippen LogP contribution is -2.55. The maximum Gasteiger partial charge on any atom is 0.194 e. The third-order valence-electron chi connectivity index (χ3n) is 4.96. The van der Waals surface area contributed by atoms with Crippen LogP contribution in [0, 0.1) is 17.5 Å². The van der Waals surface area contributed by atoms with Crippen molar-refractivity contribution in [3.63, 3.8) is 0 Å². The second-order valence-corrected chi connectivity index (χ2v) is 9.42. The van der Waals surface area contributed by atoms with Gasteiger partial charge in [0, 0.05) is 16.7 Å². The van der Waals surface area contributed by atoms with Crippen LogP contribution in [0.4, 0.5) is 13.2 Å². The van der Waals surface area contributed by atoms with Gasteiger partial charge in [0.05, 0.1) is 17.8 Å². The number of pyridine rings is 1. The second-order valence-electron chi connectivity index (χ2n) is 7.10. The quantitative estimate of drug-likeness (QED) is 0.319. The van der Waals surface area contributed by atoms with Gasteiger partial charge < -0.3 is 20.1 Å². The molecule has 3 heterocycles. The number of aliphatic hydroxyl groups excluding tert-OH is 3. The van der Waals surface area contributed by atoms with Crippen molar-refractivity contribution in [1.29, 1.82) is 0 Å². The summed E-state index contributed by atoms with van der Waals surface area (Å²) in [4.78, 5) is 4.61. The van der Waals surface area contributed by atoms with Crippen molar-refractivity contribution in [2.75, 3.05) is 6.61 Å². The Morgan fingerprint density at radius 3 is 2.52 bits per heavy atom. The Morgan fingerprint density at radius 1 is 1.15 bits per heavy atom. The molecule has 1 saturated heterocycles. The number of hydrogen-bond acceptors (Lipinski definition) is 8. The molecule has 1 aliphatic heterocycles. The van der Waals surface area contributed by atoms with Gasteiger partial charge in [-0.15, -0.1) is 5.10 Å². The number of hydrogen-bond donors (Lipinski definition) is 3. The van der Waals surface area contributed by atoms with Crippen molar-refractivity contribution in [1.82, 2.24) is 20.0 Å². The van der Waals surface area contributed by atoms with Gasteiger partial charge in [0.2, 0.25) is 0 Å². The van der Waals surface area contributed by atoms with Gasteiger partial charge in [0.25, 0.3) is 0 Å². The monoisotopic (exact) mass is 566 g/mol. The minimum absolute atomic E-state index is 0.0229. The number of thioether (sulfide) groups is 1. The summed E-state index contributed by atoms with van der Waals surface area (Å²) in [5.74, 6) is -4.42. The van der Waals surface area contributed by atoms with Crippen LogP contribution in [0.5, 0.6) is 0 Å². The van der Waals surface area contributed by atoms with Crippen LogP contribution in [0.25, 0.3) is 11.3 Å². The molecular weight excluding hydrogens is 553 g/mol. The van der Waals surface area contributed by atoms with Crippen molar-refractivity contribution in [2.24, 2.45) is 0 Å². The molecule has 14 heteroatoms. The van der Waals surface area contributed by atoms with Crippen molar-refractivity contribution >= 4 is 39.3 Å². The van der Waals surface area contributed by atoms with Gasteiger partial charge in [0.15, 0.2) is 17.5 Å². The van der Waals surface area contributed by atoms with E-state index >= 15 is 0 Å². The molecule has 1 aromatic carbocycles. The fourth-order valence-corrected chi connectivity index (χ4v) is 5.16. The van der Waals surface area contributed by atoms with Gasteiger partial charge in [-0.2, -0.15) is 0 Å². The number of aromatic nitrogens is 4. The van der Waals surface area contributed by atoms with E-state index in [9.17, 15) is 28.5 Å². The van der Waals surface area contributed by atoms with Crippen molar-refractivity contribution in [3.05, 3.63) is 57.7 Å². The van der Waals surface area contributed by atoms with Crippen LogP contribution < -0.4 is 0 Å². The van der Waals surface area contributed by atoms with E-state index in [2.05, 4.69) is 31.2 Å². The smallest absolute Gasteiger partial charge is 0.194 e. The zero-order chi connectivity index (χ0) is 23.9. The molecule has 0 aliphatic carbocycles. The minimum atomic E-state index is -1.62. The van der Waals surface area contributed by atoms with Crippen LogP contribution in [-0.2, 0) is 4.74 Å². The Hall–Kier alpha value is -1.74. The summed E-state index contributed by atoms with van der Waals surface area (Å²) >= 11 is 10.3. The molecule has 176 valence electrons. The lowest BCUT2D eigenvalue weighted by atomic mass is 9.97. The van der Waals surface area contributed by atoms with Gasteiger partial charge in [-0.3, -0.25) is 0 Å². The molecular formula is C19H15BrClF3N4O4S. The highest BCUT2D eigenvalue weighted by Crippen LogP contribution is 2.40. The molecule has 1 aliphatic rings. The van der Waals surface area contributed by atoms with E-state index in [4.69, 9.17) is 16.3 Å². The molecule has 0 amide bonds. The van der Waals surface area contributed by atoms with E-state index in [1.54, 1.807) is 6.07 Å². The van der Waals surface area contributed by atoms with Crippen LogP contribution >= 0.6 is 39.3 Å². The normalized spacial score (nSPS) is 25.4. The lowest BCUT2D eigenvalue weighted by molar-refractivity contribution is -0.178. The SMILES string of the molecule is OCC1OC(Sc2cc(Cl)cnc2Br)C(O)C(n2cc(-c3cc(F)c(F)c(F)c3)nn2)C1O. The number of halogens is 5. The Kier molecular flexibility index (Phi) is 7.29. The summed E-state index contributed by atoms with van der Waals surface area (Å²) in [5.41, 5.74) is -1.10. The van der Waals surface area contributed by atoms with Crippen LogP contribution in [0.15, 0.2) is 40.1 Å². The molecule has 5 unspecified atom stereocenters. The summed E-state index contributed by atoms with van der Waals surface area (Å²) < 4.78 is 47.7. The van der Waals surface area contributed by atoms with Gasteiger partial charge in [0.1, 0.15) is 40.1 Å². The van der Waals surface area contributed by atoms with Crippen LogP contribution in [-0.4, -0.2) is 65.7 Å². The first-order valence-electron chi connectivity index (χ1n) is 9.36. The first-order chi connectivity index (χ1) is 15.7. The Bertz CT molecular complexity index is 1150. The molecule has 0 spiro atoms. The molecule has 5 atom stereocenters. The lowest BCUT2D eigenvalue weighted by Gasteiger charge is -2.41. The highest BCUT2D eigenvalue weighted by atomic mass is 79.9. The summed E-state index contributed by atoms with van der Waals surface area (Å²) in [6.07, 6.45) is -1.19. The Labute approximate surface area is 202 Å². The van der Waals surface area contributed by atoms with E-state index in [1.165, 1.54) is 12.4 Å². The fourth-order valence-electron chi connectivity index (χ4n) is 3.35. The zero-order valence-electron chi connectivity index (χ0n) is 16.3. The largest absolute Gasteiger partial charge is 0.394 e. The summed E-state index contributed by atoms with van der Waals surface area (Å²) in [5, 5.41) is 39.4. The first-order valence-corrected chi connectivity index (χ1v) is 11.4. The van der Waals surface area contributed by atoms with E-state index in [0.29, 0.717) is 14.5 Å². The Morgan fingerprint density at radius 2 is 1.85 bits per heavy atom. The van der Waals surface area contributed by atoms with Gasteiger partial charge >= 0.3 is 0 Å². The average molecular weight is 568 g/mol. The molecule has 2 aromatic heterocycles. The van der Waals surface area contributed by atoms with Crippen molar-refractivity contribution in [3.8, 4) is 11.3 Å². The molecule has 4 rings (SSSR count). The second kappa shape index (κ2) is 9.86. The number of aliphatic hydroxyl groups is 3. The van der Waals surface area contributed by atoms with Crippen LogP contribution in [0.2, 0.25) is 5.02 Å². The van der Waals surface area contributed by atoms with Gasteiger partial charge in [-0.05, 0) is 34.1 Å². The Balaban J connectivity index is 1.65. The highest BCUT2D eigenvalue weighted by Gasteiger charge is 2.46. The molecule has 0 saturated carbocycles. The van der Waals surface area contributed by atoms with Crippen LogP contribution in [0.3, 0.4) is 0 Å². The van der Waals surface area contributed by atoms with Crippen molar-refractivity contribution in [2.45, 2.75) is 34.7 Å². The summed E-state index contributed by atoms with van der Waals surface area (Å²) in [6, 6.07) is 1.96. The number of ether oxygens (including phenoxy) is 1.